The second kappa shape index (κ2) is 7.34. The number of carbonyl (C=O) groups excluding carboxylic acids is 1. The van der Waals surface area contributed by atoms with E-state index in [4.69, 9.17) is 4.74 Å². The lowest BCUT2D eigenvalue weighted by molar-refractivity contribution is -0.121. The van der Waals surface area contributed by atoms with Gasteiger partial charge in [-0.05, 0) is 43.0 Å². The van der Waals surface area contributed by atoms with Crippen molar-refractivity contribution < 1.29 is 9.53 Å². The molecule has 1 aromatic heterocycles. The molecule has 0 saturated carbocycles. The van der Waals surface area contributed by atoms with Gasteiger partial charge in [0, 0.05) is 31.3 Å². The number of ether oxygens (including phenoxy) is 1. The van der Waals surface area contributed by atoms with Gasteiger partial charge in [-0.15, -0.1) is 0 Å². The number of rotatable bonds is 5. The minimum absolute atomic E-state index is 0.0564. The fourth-order valence-electron chi connectivity index (χ4n) is 2.94. The van der Waals surface area contributed by atoms with Gasteiger partial charge in [-0.2, -0.15) is 0 Å². The van der Waals surface area contributed by atoms with Gasteiger partial charge >= 0.3 is 0 Å². The van der Waals surface area contributed by atoms with E-state index >= 15 is 0 Å². The third kappa shape index (κ3) is 3.85. The molecule has 1 amide bonds. The predicted molar refractivity (Wildman–Crippen MR) is 92.2 cm³/mol. The van der Waals surface area contributed by atoms with E-state index in [0.29, 0.717) is 19.5 Å². The lowest BCUT2D eigenvalue weighted by atomic mass is 10.0. The Balaban J connectivity index is 1.53. The van der Waals surface area contributed by atoms with E-state index < -0.39 is 0 Å². The Kier molecular flexibility index (Phi) is 4.99. The normalized spacial score (nSPS) is 13.0. The van der Waals surface area contributed by atoms with Gasteiger partial charge in [-0.1, -0.05) is 18.2 Å². The summed E-state index contributed by atoms with van der Waals surface area (Å²) in [6.07, 6.45) is 2.35. The van der Waals surface area contributed by atoms with Gasteiger partial charge in [0.15, 0.2) is 0 Å². The largest absolute Gasteiger partial charge is 0.493 e. The number of benzene rings is 1. The molecule has 24 heavy (non-hydrogen) atoms. The van der Waals surface area contributed by atoms with Crippen molar-refractivity contribution in [3.8, 4) is 5.75 Å². The Labute approximate surface area is 141 Å². The summed E-state index contributed by atoms with van der Waals surface area (Å²) in [5, 5.41) is 2.92. The first kappa shape index (κ1) is 16.3. The minimum Gasteiger partial charge on any atom is -0.493 e. The van der Waals surface area contributed by atoms with Crippen LogP contribution in [-0.2, 0) is 24.3 Å². The van der Waals surface area contributed by atoms with Crippen molar-refractivity contribution in [1.82, 2.24) is 9.88 Å². The second-order valence-electron chi connectivity index (χ2n) is 6.08. The van der Waals surface area contributed by atoms with Gasteiger partial charge in [0.2, 0.25) is 5.91 Å². The van der Waals surface area contributed by atoms with Crippen molar-refractivity contribution >= 4 is 5.91 Å². The summed E-state index contributed by atoms with van der Waals surface area (Å²) in [7, 11) is 0. The standard InChI is InChI=1S/C19H22N2O3/c1-14-4-2-6-19(23)21(14)10-9-18(22)20-13-15-7-8-17-16(12-15)5-3-11-24-17/h2,4,6-8,12H,3,5,9-11,13H2,1H3,(H,20,22). The van der Waals surface area contributed by atoms with Crippen LogP contribution >= 0.6 is 0 Å². The Bertz CT molecular complexity index is 795. The fourth-order valence-corrected chi connectivity index (χ4v) is 2.94. The first-order valence-corrected chi connectivity index (χ1v) is 8.31. The van der Waals surface area contributed by atoms with E-state index in [1.165, 1.54) is 11.6 Å². The number of hydrogen-bond donors (Lipinski definition) is 1. The molecule has 1 aromatic carbocycles. The van der Waals surface area contributed by atoms with Gasteiger partial charge < -0.3 is 14.6 Å². The number of carbonyl (C=O) groups is 1. The second-order valence-corrected chi connectivity index (χ2v) is 6.08. The highest BCUT2D eigenvalue weighted by molar-refractivity contribution is 5.75. The molecular weight excluding hydrogens is 304 g/mol. The summed E-state index contributed by atoms with van der Waals surface area (Å²) in [6.45, 7) is 3.54. The summed E-state index contributed by atoms with van der Waals surface area (Å²) in [4.78, 5) is 23.8. The van der Waals surface area contributed by atoms with Crippen molar-refractivity contribution in [2.45, 2.75) is 39.3 Å². The molecule has 2 aromatic rings. The number of aryl methyl sites for hydroxylation is 2. The Hall–Kier alpha value is -2.56. The molecule has 0 saturated heterocycles. The Morgan fingerprint density at radius 1 is 1.29 bits per heavy atom. The molecule has 0 radical (unpaired) electrons. The van der Waals surface area contributed by atoms with Crippen LogP contribution in [0.4, 0.5) is 0 Å². The Morgan fingerprint density at radius 2 is 2.17 bits per heavy atom. The highest BCUT2D eigenvalue weighted by atomic mass is 16.5. The summed E-state index contributed by atoms with van der Waals surface area (Å²) in [5.41, 5.74) is 3.07. The van der Waals surface area contributed by atoms with Crippen LogP contribution < -0.4 is 15.6 Å². The number of fused-ring (bicyclic) bond motifs is 1. The molecule has 0 unspecified atom stereocenters. The highest BCUT2D eigenvalue weighted by Crippen LogP contribution is 2.25. The van der Waals surface area contributed by atoms with E-state index in [1.54, 1.807) is 10.6 Å². The van der Waals surface area contributed by atoms with E-state index in [9.17, 15) is 9.59 Å². The molecule has 0 fully saturated rings. The van der Waals surface area contributed by atoms with E-state index in [-0.39, 0.29) is 11.5 Å². The third-order valence-corrected chi connectivity index (χ3v) is 4.29. The summed E-state index contributed by atoms with van der Waals surface area (Å²) >= 11 is 0. The molecule has 1 aliphatic rings. The maximum atomic E-state index is 12.0. The maximum Gasteiger partial charge on any atom is 0.250 e. The molecule has 1 aliphatic heterocycles. The average Bonchev–Trinajstić information content (AvgIpc) is 2.59. The Morgan fingerprint density at radius 3 is 3.00 bits per heavy atom. The van der Waals surface area contributed by atoms with Gasteiger partial charge in [-0.3, -0.25) is 9.59 Å². The number of amides is 1. The average molecular weight is 326 g/mol. The molecule has 1 N–H and O–H groups in total. The van der Waals surface area contributed by atoms with Crippen LogP contribution in [0.25, 0.3) is 0 Å². The van der Waals surface area contributed by atoms with Gasteiger partial charge in [0.25, 0.3) is 5.56 Å². The van der Waals surface area contributed by atoms with Gasteiger partial charge in [0.1, 0.15) is 5.75 Å². The zero-order chi connectivity index (χ0) is 16.9. The van der Waals surface area contributed by atoms with Gasteiger partial charge in [-0.25, -0.2) is 0 Å². The van der Waals surface area contributed by atoms with Crippen molar-refractivity contribution in [3.63, 3.8) is 0 Å². The summed E-state index contributed by atoms with van der Waals surface area (Å²) in [5.74, 6) is 0.898. The highest BCUT2D eigenvalue weighted by Gasteiger charge is 2.11. The minimum atomic E-state index is -0.0718. The van der Waals surface area contributed by atoms with Crippen molar-refractivity contribution in [2.24, 2.45) is 0 Å². The molecule has 0 aliphatic carbocycles. The molecule has 0 spiro atoms. The number of nitrogens with one attached hydrogen (secondary N) is 1. The van der Waals surface area contributed by atoms with Crippen LogP contribution in [0.5, 0.6) is 5.75 Å². The van der Waals surface area contributed by atoms with Gasteiger partial charge in [0.05, 0.1) is 6.61 Å². The smallest absolute Gasteiger partial charge is 0.250 e. The van der Waals surface area contributed by atoms with Crippen molar-refractivity contribution in [2.75, 3.05) is 6.61 Å². The number of nitrogens with zero attached hydrogens (tertiary/aromatic N) is 1. The topological polar surface area (TPSA) is 60.3 Å². The van der Waals surface area contributed by atoms with Crippen molar-refractivity contribution in [3.05, 3.63) is 63.6 Å². The molecule has 5 heteroatoms. The van der Waals surface area contributed by atoms with Crippen LogP contribution in [0.2, 0.25) is 0 Å². The van der Waals surface area contributed by atoms with Crippen molar-refractivity contribution in [1.29, 1.82) is 0 Å². The van der Waals surface area contributed by atoms with Crippen LogP contribution in [-0.4, -0.2) is 17.1 Å². The first-order chi connectivity index (χ1) is 11.6. The lowest BCUT2D eigenvalue weighted by Crippen LogP contribution is -2.27. The number of aromatic nitrogens is 1. The fraction of sp³-hybridized carbons (Fsp3) is 0.368. The quantitative estimate of drug-likeness (QED) is 0.916. The summed E-state index contributed by atoms with van der Waals surface area (Å²) < 4.78 is 7.22. The first-order valence-electron chi connectivity index (χ1n) is 8.31. The van der Waals surface area contributed by atoms with E-state index in [0.717, 1.165) is 36.5 Å². The molecule has 0 bridgehead atoms. The summed E-state index contributed by atoms with van der Waals surface area (Å²) in [6, 6.07) is 11.2. The molecular formula is C19H22N2O3. The number of hydrogen-bond acceptors (Lipinski definition) is 3. The SMILES string of the molecule is Cc1cccc(=O)n1CCC(=O)NCc1ccc2c(c1)CCCO2. The van der Waals surface area contributed by atoms with Crippen LogP contribution in [0.3, 0.4) is 0 Å². The monoisotopic (exact) mass is 326 g/mol. The predicted octanol–water partition coefficient (Wildman–Crippen LogP) is 2.19. The molecule has 3 rings (SSSR count). The number of pyridine rings is 1. The zero-order valence-electron chi connectivity index (χ0n) is 13.9. The molecule has 2 heterocycles. The van der Waals surface area contributed by atoms with E-state index in [1.807, 2.05) is 25.1 Å². The van der Waals surface area contributed by atoms with Crippen LogP contribution in [0.15, 0.2) is 41.2 Å². The third-order valence-electron chi connectivity index (χ3n) is 4.29. The molecule has 5 nitrogen and oxygen atoms in total. The molecule has 126 valence electrons. The zero-order valence-corrected chi connectivity index (χ0v) is 13.9. The van der Waals surface area contributed by atoms with E-state index in [2.05, 4.69) is 11.4 Å². The molecule has 0 atom stereocenters. The maximum absolute atomic E-state index is 12.0. The lowest BCUT2D eigenvalue weighted by Gasteiger charge is -2.18. The van der Waals surface area contributed by atoms with Crippen LogP contribution in [0.1, 0.15) is 29.7 Å². The van der Waals surface area contributed by atoms with Crippen LogP contribution in [0, 0.1) is 6.92 Å².